The average Bonchev–Trinajstić information content (AvgIpc) is 3.25. The Labute approximate surface area is 183 Å². The quantitative estimate of drug-likeness (QED) is 0.372. The second kappa shape index (κ2) is 8.24. The molecule has 0 bridgehead atoms. The highest BCUT2D eigenvalue weighted by Crippen LogP contribution is 2.32. The van der Waals surface area contributed by atoms with E-state index in [0.717, 1.165) is 0 Å². The first kappa shape index (κ1) is 21.2. The molecule has 3 aromatic carbocycles. The first-order valence-electron chi connectivity index (χ1n) is 9.42. The minimum Gasteiger partial charge on any atom is -0.297 e. The Balaban J connectivity index is 1.77. The standard InChI is InChI=1S/C23H17ClF2N2O2S/c1-2-31(29,30)17-6-3-5-15(13-17)16-9-10-21(20(26)14-16)28-12-11-27-23(28)18-7-4-8-19(25)22(18)24/h3-14H,2H2,1H3. The summed E-state index contributed by atoms with van der Waals surface area (Å²) in [4.78, 5) is 4.40. The van der Waals surface area contributed by atoms with Gasteiger partial charge in [0, 0.05) is 18.0 Å². The van der Waals surface area contributed by atoms with Gasteiger partial charge in [0.15, 0.2) is 9.84 Å². The van der Waals surface area contributed by atoms with E-state index in [1.807, 2.05) is 0 Å². The molecule has 4 aromatic rings. The number of benzene rings is 3. The van der Waals surface area contributed by atoms with Gasteiger partial charge in [0.25, 0.3) is 0 Å². The Bertz CT molecular complexity index is 1380. The van der Waals surface area contributed by atoms with Crippen molar-refractivity contribution in [2.75, 3.05) is 5.75 Å². The van der Waals surface area contributed by atoms with Crippen molar-refractivity contribution in [3.05, 3.63) is 89.7 Å². The Hall–Kier alpha value is -3.03. The molecule has 1 aromatic heterocycles. The third-order valence-electron chi connectivity index (χ3n) is 4.95. The molecular formula is C23H17ClF2N2O2S. The molecule has 0 amide bonds. The molecule has 8 heteroatoms. The van der Waals surface area contributed by atoms with Crippen LogP contribution in [0.1, 0.15) is 6.92 Å². The molecule has 0 spiro atoms. The number of hydrogen-bond acceptors (Lipinski definition) is 3. The molecule has 0 radical (unpaired) electrons. The summed E-state index contributed by atoms with van der Waals surface area (Å²) in [5.41, 5.74) is 1.65. The molecule has 0 fully saturated rings. The van der Waals surface area contributed by atoms with E-state index in [1.54, 1.807) is 43.5 Å². The second-order valence-electron chi connectivity index (χ2n) is 6.82. The first-order valence-corrected chi connectivity index (χ1v) is 11.5. The summed E-state index contributed by atoms with van der Waals surface area (Å²) in [5, 5.41) is -0.0964. The fourth-order valence-corrected chi connectivity index (χ4v) is 4.43. The summed E-state index contributed by atoms with van der Waals surface area (Å²) in [7, 11) is -3.38. The van der Waals surface area contributed by atoms with Gasteiger partial charge in [0.1, 0.15) is 17.5 Å². The maximum Gasteiger partial charge on any atom is 0.178 e. The lowest BCUT2D eigenvalue weighted by Gasteiger charge is -2.12. The van der Waals surface area contributed by atoms with Crippen LogP contribution in [0, 0.1) is 11.6 Å². The van der Waals surface area contributed by atoms with E-state index < -0.39 is 21.5 Å². The van der Waals surface area contributed by atoms with Crippen LogP contribution in [-0.4, -0.2) is 23.7 Å². The van der Waals surface area contributed by atoms with E-state index in [-0.39, 0.29) is 21.4 Å². The lowest BCUT2D eigenvalue weighted by Crippen LogP contribution is -2.03. The molecule has 4 nitrogen and oxygen atoms in total. The van der Waals surface area contributed by atoms with Crippen LogP contribution in [0.3, 0.4) is 0 Å². The van der Waals surface area contributed by atoms with E-state index >= 15 is 4.39 Å². The smallest absolute Gasteiger partial charge is 0.178 e. The van der Waals surface area contributed by atoms with Crippen molar-refractivity contribution in [2.45, 2.75) is 11.8 Å². The van der Waals surface area contributed by atoms with Gasteiger partial charge in [0.05, 0.1) is 21.4 Å². The lowest BCUT2D eigenvalue weighted by atomic mass is 10.0. The van der Waals surface area contributed by atoms with Crippen molar-refractivity contribution in [3.8, 4) is 28.2 Å². The Morgan fingerprint density at radius 2 is 1.71 bits per heavy atom. The van der Waals surface area contributed by atoms with Gasteiger partial charge in [-0.3, -0.25) is 4.57 Å². The van der Waals surface area contributed by atoms with E-state index in [4.69, 9.17) is 11.6 Å². The van der Waals surface area contributed by atoms with Crippen molar-refractivity contribution in [3.63, 3.8) is 0 Å². The molecule has 0 N–H and O–H groups in total. The largest absolute Gasteiger partial charge is 0.297 e. The summed E-state index contributed by atoms with van der Waals surface area (Å²) in [6.45, 7) is 1.57. The zero-order valence-corrected chi connectivity index (χ0v) is 18.0. The highest BCUT2D eigenvalue weighted by molar-refractivity contribution is 7.91. The van der Waals surface area contributed by atoms with Crippen LogP contribution < -0.4 is 0 Å². The first-order chi connectivity index (χ1) is 14.8. The Morgan fingerprint density at radius 3 is 2.45 bits per heavy atom. The predicted octanol–water partition coefficient (Wildman–Crippen LogP) is 5.93. The second-order valence-corrected chi connectivity index (χ2v) is 9.48. The van der Waals surface area contributed by atoms with Gasteiger partial charge < -0.3 is 0 Å². The highest BCUT2D eigenvalue weighted by atomic mass is 35.5. The van der Waals surface area contributed by atoms with Crippen molar-refractivity contribution >= 4 is 21.4 Å². The van der Waals surface area contributed by atoms with Gasteiger partial charge in [0.2, 0.25) is 0 Å². The molecule has 31 heavy (non-hydrogen) atoms. The molecule has 0 aliphatic carbocycles. The molecule has 0 unspecified atom stereocenters. The molecule has 158 valence electrons. The van der Waals surface area contributed by atoms with Crippen LogP contribution in [0.25, 0.3) is 28.2 Å². The number of aromatic nitrogens is 2. The zero-order valence-electron chi connectivity index (χ0n) is 16.4. The normalized spacial score (nSPS) is 11.6. The zero-order chi connectivity index (χ0) is 22.2. The predicted molar refractivity (Wildman–Crippen MR) is 117 cm³/mol. The van der Waals surface area contributed by atoms with Gasteiger partial charge in [-0.2, -0.15) is 0 Å². The number of halogens is 3. The summed E-state index contributed by atoms with van der Waals surface area (Å²) in [6.07, 6.45) is 3.03. The maximum atomic E-state index is 15.1. The van der Waals surface area contributed by atoms with Gasteiger partial charge >= 0.3 is 0 Å². The minimum absolute atomic E-state index is 0.0181. The van der Waals surface area contributed by atoms with Crippen LogP contribution in [0.15, 0.2) is 78.0 Å². The van der Waals surface area contributed by atoms with E-state index in [1.165, 1.54) is 41.1 Å². The van der Waals surface area contributed by atoms with Crippen molar-refractivity contribution < 1.29 is 17.2 Å². The van der Waals surface area contributed by atoms with Crippen LogP contribution in [0.4, 0.5) is 8.78 Å². The monoisotopic (exact) mass is 458 g/mol. The molecule has 0 saturated heterocycles. The average molecular weight is 459 g/mol. The molecule has 0 saturated carbocycles. The molecule has 0 atom stereocenters. The van der Waals surface area contributed by atoms with E-state index in [9.17, 15) is 12.8 Å². The van der Waals surface area contributed by atoms with Gasteiger partial charge in [-0.05, 0) is 47.5 Å². The van der Waals surface area contributed by atoms with E-state index in [2.05, 4.69) is 4.98 Å². The Kier molecular flexibility index (Phi) is 5.64. The molecule has 0 aliphatic heterocycles. The van der Waals surface area contributed by atoms with Gasteiger partial charge in [-0.1, -0.05) is 42.8 Å². The number of imidazole rings is 1. The summed E-state index contributed by atoms with van der Waals surface area (Å²) >= 11 is 6.08. The highest BCUT2D eigenvalue weighted by Gasteiger charge is 2.17. The maximum absolute atomic E-state index is 15.1. The molecular weight excluding hydrogens is 442 g/mol. The van der Waals surface area contributed by atoms with Crippen LogP contribution in [0.5, 0.6) is 0 Å². The number of hydrogen-bond donors (Lipinski definition) is 0. The summed E-state index contributed by atoms with van der Waals surface area (Å²) < 4.78 is 54.8. The van der Waals surface area contributed by atoms with Gasteiger partial charge in [-0.15, -0.1) is 0 Å². The fourth-order valence-electron chi connectivity index (χ4n) is 3.29. The van der Waals surface area contributed by atoms with Crippen molar-refractivity contribution in [1.82, 2.24) is 9.55 Å². The van der Waals surface area contributed by atoms with Crippen LogP contribution in [-0.2, 0) is 9.84 Å². The number of rotatable bonds is 5. The van der Waals surface area contributed by atoms with Crippen LogP contribution in [0.2, 0.25) is 5.02 Å². The molecule has 1 heterocycles. The summed E-state index contributed by atoms with van der Waals surface area (Å²) in [6, 6.07) is 15.3. The number of sulfone groups is 1. The van der Waals surface area contributed by atoms with Crippen LogP contribution >= 0.6 is 11.6 Å². The van der Waals surface area contributed by atoms with Gasteiger partial charge in [-0.25, -0.2) is 22.2 Å². The lowest BCUT2D eigenvalue weighted by molar-refractivity contribution is 0.597. The minimum atomic E-state index is -3.38. The van der Waals surface area contributed by atoms with E-state index in [0.29, 0.717) is 22.5 Å². The van der Waals surface area contributed by atoms with Crippen molar-refractivity contribution in [2.24, 2.45) is 0 Å². The third-order valence-corrected chi connectivity index (χ3v) is 7.06. The molecule has 4 rings (SSSR count). The van der Waals surface area contributed by atoms with Crippen molar-refractivity contribution in [1.29, 1.82) is 0 Å². The molecule has 0 aliphatic rings. The Morgan fingerprint density at radius 1 is 0.968 bits per heavy atom. The third kappa shape index (κ3) is 3.98. The fraction of sp³-hybridized carbons (Fsp3) is 0.0870. The topological polar surface area (TPSA) is 52.0 Å². The number of nitrogens with zero attached hydrogens (tertiary/aromatic N) is 2. The SMILES string of the molecule is CCS(=O)(=O)c1cccc(-c2ccc(-n3ccnc3-c3cccc(F)c3Cl)c(F)c2)c1. The summed E-state index contributed by atoms with van der Waals surface area (Å²) in [5.74, 6) is -0.859.